The third-order valence-electron chi connectivity index (χ3n) is 5.51. The highest BCUT2D eigenvalue weighted by Crippen LogP contribution is 2.31. The summed E-state index contributed by atoms with van der Waals surface area (Å²) in [6, 6.07) is 10.2. The number of rotatable bonds is 3. The Morgan fingerprint density at radius 3 is 2.96 bits per heavy atom. The molecule has 3 aromatic rings. The van der Waals surface area contributed by atoms with Gasteiger partial charge in [0, 0.05) is 16.6 Å². The predicted octanol–water partition coefficient (Wildman–Crippen LogP) is 4.37. The molecule has 1 aromatic heterocycles. The average Bonchev–Trinajstić information content (AvgIpc) is 3.01. The second-order valence-corrected chi connectivity index (χ2v) is 7.29. The number of carbonyl (C=O) groups excluding carboxylic acids is 1. The summed E-state index contributed by atoms with van der Waals surface area (Å²) in [5.41, 5.74) is 13.3. The summed E-state index contributed by atoms with van der Waals surface area (Å²) in [6.45, 7) is 4.12. The molecule has 1 atom stereocenters. The molecule has 1 aliphatic carbocycles. The Hall–Kier alpha value is -2.75. The van der Waals surface area contributed by atoms with Gasteiger partial charge in [0.1, 0.15) is 5.58 Å². The van der Waals surface area contributed by atoms with E-state index in [9.17, 15) is 4.79 Å². The van der Waals surface area contributed by atoms with Crippen LogP contribution in [-0.4, -0.2) is 5.91 Å². The van der Waals surface area contributed by atoms with Crippen LogP contribution in [0.15, 0.2) is 41.0 Å². The van der Waals surface area contributed by atoms with Crippen LogP contribution in [0.3, 0.4) is 0 Å². The maximum atomic E-state index is 12.7. The van der Waals surface area contributed by atoms with E-state index in [2.05, 4.69) is 25.2 Å². The fourth-order valence-corrected chi connectivity index (χ4v) is 3.93. The van der Waals surface area contributed by atoms with Gasteiger partial charge in [-0.05, 0) is 67.5 Å². The van der Waals surface area contributed by atoms with Crippen LogP contribution in [0, 0.1) is 13.8 Å². The number of aryl methyl sites for hydroxylation is 3. The number of hydrogen-bond acceptors (Lipinski definition) is 3. The molecule has 4 rings (SSSR count). The zero-order valence-corrected chi connectivity index (χ0v) is 15.3. The average molecular weight is 348 g/mol. The van der Waals surface area contributed by atoms with Crippen LogP contribution < -0.4 is 11.1 Å². The molecule has 26 heavy (non-hydrogen) atoms. The molecule has 0 spiro atoms. The maximum absolute atomic E-state index is 12.7. The first kappa shape index (κ1) is 16.7. The van der Waals surface area contributed by atoms with Crippen molar-refractivity contribution in [2.45, 2.75) is 45.6 Å². The number of fused-ring (bicyclic) bond motifs is 2. The normalized spacial score (nSPS) is 16.5. The summed E-state index contributed by atoms with van der Waals surface area (Å²) in [5.74, 6) is 0.0283. The summed E-state index contributed by atoms with van der Waals surface area (Å²) in [6.07, 6.45) is 5.10. The quantitative estimate of drug-likeness (QED) is 0.691. The van der Waals surface area contributed by atoms with Gasteiger partial charge in [-0.1, -0.05) is 18.2 Å². The van der Waals surface area contributed by atoms with Crippen molar-refractivity contribution in [3.8, 4) is 0 Å². The van der Waals surface area contributed by atoms with Crippen molar-refractivity contribution in [3.63, 3.8) is 0 Å². The van der Waals surface area contributed by atoms with E-state index in [1.807, 2.05) is 24.3 Å². The van der Waals surface area contributed by atoms with Gasteiger partial charge in [-0.2, -0.15) is 0 Å². The molecule has 0 saturated heterocycles. The van der Waals surface area contributed by atoms with Gasteiger partial charge in [-0.3, -0.25) is 4.79 Å². The van der Waals surface area contributed by atoms with Crippen LogP contribution in [0.4, 0.5) is 5.69 Å². The van der Waals surface area contributed by atoms with Gasteiger partial charge in [0.15, 0.2) is 0 Å². The largest absolute Gasteiger partial charge is 0.464 e. The third-order valence-corrected chi connectivity index (χ3v) is 5.51. The molecule has 1 unspecified atom stereocenters. The minimum absolute atomic E-state index is 0.0283. The van der Waals surface area contributed by atoms with Crippen LogP contribution >= 0.6 is 0 Å². The van der Waals surface area contributed by atoms with Crippen LogP contribution in [0.2, 0.25) is 0 Å². The number of furan rings is 1. The number of amides is 1. The third kappa shape index (κ3) is 2.96. The Kier molecular flexibility index (Phi) is 4.19. The highest BCUT2D eigenvalue weighted by molar-refractivity contribution is 5.89. The Labute approximate surface area is 153 Å². The lowest BCUT2D eigenvalue weighted by Gasteiger charge is -2.26. The van der Waals surface area contributed by atoms with E-state index in [-0.39, 0.29) is 11.9 Å². The monoisotopic (exact) mass is 348 g/mol. The van der Waals surface area contributed by atoms with E-state index in [0.29, 0.717) is 6.42 Å². The second kappa shape index (κ2) is 6.52. The van der Waals surface area contributed by atoms with Crippen molar-refractivity contribution in [1.82, 2.24) is 5.32 Å². The number of benzene rings is 2. The summed E-state index contributed by atoms with van der Waals surface area (Å²) >= 11 is 0. The molecule has 1 amide bonds. The minimum atomic E-state index is 0.0283. The highest BCUT2D eigenvalue weighted by atomic mass is 16.3. The lowest BCUT2D eigenvalue weighted by atomic mass is 9.87. The first-order valence-corrected chi connectivity index (χ1v) is 9.17. The highest BCUT2D eigenvalue weighted by Gasteiger charge is 2.22. The lowest BCUT2D eigenvalue weighted by molar-refractivity contribution is -0.121. The molecule has 0 fully saturated rings. The molecule has 3 N–H and O–H groups in total. The summed E-state index contributed by atoms with van der Waals surface area (Å²) < 4.78 is 5.73. The van der Waals surface area contributed by atoms with Crippen molar-refractivity contribution >= 4 is 22.6 Å². The van der Waals surface area contributed by atoms with Crippen LogP contribution in [-0.2, 0) is 17.6 Å². The SMILES string of the molecule is Cc1ccc2c(CC(=O)NC3CCCc4cc(N)ccc43)coc2c1C. The first-order valence-electron chi connectivity index (χ1n) is 9.17. The van der Waals surface area contributed by atoms with E-state index in [0.717, 1.165) is 47.0 Å². The van der Waals surface area contributed by atoms with E-state index in [1.54, 1.807) is 6.26 Å². The molecular weight excluding hydrogens is 324 g/mol. The van der Waals surface area contributed by atoms with Crippen LogP contribution in [0.25, 0.3) is 11.0 Å². The minimum Gasteiger partial charge on any atom is -0.464 e. The zero-order chi connectivity index (χ0) is 18.3. The zero-order valence-electron chi connectivity index (χ0n) is 15.3. The van der Waals surface area contributed by atoms with Gasteiger partial charge in [-0.25, -0.2) is 0 Å². The van der Waals surface area contributed by atoms with Crippen molar-refractivity contribution in [2.24, 2.45) is 0 Å². The molecule has 0 radical (unpaired) electrons. The predicted molar refractivity (Wildman–Crippen MR) is 104 cm³/mol. The van der Waals surface area contributed by atoms with E-state index < -0.39 is 0 Å². The fourth-order valence-electron chi connectivity index (χ4n) is 3.93. The van der Waals surface area contributed by atoms with Gasteiger partial charge in [-0.15, -0.1) is 0 Å². The van der Waals surface area contributed by atoms with Crippen LogP contribution in [0.1, 0.15) is 46.7 Å². The van der Waals surface area contributed by atoms with Crippen molar-refractivity contribution in [2.75, 3.05) is 5.73 Å². The smallest absolute Gasteiger partial charge is 0.225 e. The number of nitrogen functional groups attached to an aromatic ring is 1. The standard InChI is InChI=1S/C22H24N2O2/c1-13-6-8-19-16(12-26-22(19)14(13)2)11-21(25)24-20-5-3-4-15-10-17(23)7-9-18(15)20/h6-10,12,20H,3-5,11,23H2,1-2H3,(H,24,25). The second-order valence-electron chi connectivity index (χ2n) is 7.29. The Bertz CT molecular complexity index is 987. The molecule has 4 heteroatoms. The summed E-state index contributed by atoms with van der Waals surface area (Å²) in [7, 11) is 0. The Morgan fingerprint density at radius 1 is 1.27 bits per heavy atom. The van der Waals surface area contributed by atoms with Crippen molar-refractivity contribution in [3.05, 3.63) is 64.4 Å². The molecule has 0 bridgehead atoms. The number of nitrogens with two attached hydrogens (primary N) is 1. The molecule has 1 aliphatic rings. The molecule has 134 valence electrons. The topological polar surface area (TPSA) is 68.3 Å². The molecule has 4 nitrogen and oxygen atoms in total. The molecule has 2 aromatic carbocycles. The molecular formula is C22H24N2O2. The van der Waals surface area contributed by atoms with E-state index in [1.165, 1.54) is 16.7 Å². The fraction of sp³-hybridized carbons (Fsp3) is 0.318. The van der Waals surface area contributed by atoms with Gasteiger partial charge < -0.3 is 15.5 Å². The van der Waals surface area contributed by atoms with Gasteiger partial charge >= 0.3 is 0 Å². The number of carbonyl (C=O) groups is 1. The van der Waals surface area contributed by atoms with Crippen molar-refractivity contribution < 1.29 is 9.21 Å². The van der Waals surface area contributed by atoms with Gasteiger partial charge in [0.2, 0.25) is 5.91 Å². The molecule has 0 aliphatic heterocycles. The summed E-state index contributed by atoms with van der Waals surface area (Å²) in [4.78, 5) is 12.7. The van der Waals surface area contributed by atoms with E-state index >= 15 is 0 Å². The Balaban J connectivity index is 1.53. The van der Waals surface area contributed by atoms with Crippen LogP contribution in [0.5, 0.6) is 0 Å². The van der Waals surface area contributed by atoms with Gasteiger partial charge in [0.05, 0.1) is 18.7 Å². The number of hydrogen-bond donors (Lipinski definition) is 2. The summed E-state index contributed by atoms with van der Waals surface area (Å²) in [5, 5.41) is 4.23. The molecule has 0 saturated carbocycles. The maximum Gasteiger partial charge on any atom is 0.225 e. The molecule has 1 heterocycles. The van der Waals surface area contributed by atoms with Gasteiger partial charge in [0.25, 0.3) is 0 Å². The first-order chi connectivity index (χ1) is 12.5. The number of nitrogens with one attached hydrogen (secondary N) is 1. The number of anilines is 1. The Morgan fingerprint density at radius 2 is 2.12 bits per heavy atom. The lowest BCUT2D eigenvalue weighted by Crippen LogP contribution is -2.32. The van der Waals surface area contributed by atoms with E-state index in [4.69, 9.17) is 10.2 Å². The van der Waals surface area contributed by atoms with Crippen molar-refractivity contribution in [1.29, 1.82) is 0 Å².